The van der Waals surface area contributed by atoms with Gasteiger partial charge in [-0.3, -0.25) is 0 Å². The Labute approximate surface area is 68.0 Å². The van der Waals surface area contributed by atoms with E-state index in [1.165, 1.54) is 0 Å². The van der Waals surface area contributed by atoms with Crippen LogP contribution in [0.2, 0.25) is 5.02 Å². The van der Waals surface area contributed by atoms with Crippen molar-refractivity contribution in [3.05, 3.63) is 40.2 Å². The summed E-state index contributed by atoms with van der Waals surface area (Å²) in [4.78, 5) is 0. The first-order chi connectivity index (χ1) is 4.20. The van der Waals surface area contributed by atoms with Crippen LogP contribution in [0.3, 0.4) is 0 Å². The van der Waals surface area contributed by atoms with Gasteiger partial charge >= 0.3 is 0 Å². The lowest BCUT2D eigenvalue weighted by atomic mass is 10.2. The maximum absolute atomic E-state index is 5.70. The molecule has 2 heteroatoms. The molecule has 0 N–H and O–H groups in total. The molecule has 0 saturated heterocycles. The van der Waals surface area contributed by atoms with Crippen LogP contribution < -0.4 is 0 Å². The van der Waals surface area contributed by atoms with E-state index in [0.717, 1.165) is 10.0 Å². The van der Waals surface area contributed by atoms with Crippen LogP contribution in [0.25, 0.3) is 0 Å². The van der Waals surface area contributed by atoms with Gasteiger partial charge in [0, 0.05) is 9.50 Å². The van der Waals surface area contributed by atoms with Crippen molar-refractivity contribution in [2.75, 3.05) is 0 Å². The molecule has 0 unspecified atom stereocenters. The fourth-order valence-electron chi connectivity index (χ4n) is 0.543. The van der Waals surface area contributed by atoms with Gasteiger partial charge in [-0.05, 0) is 30.7 Å². The van der Waals surface area contributed by atoms with E-state index in [4.69, 9.17) is 11.6 Å². The molecule has 0 aliphatic carbocycles. The Bertz CT molecular complexity index is 220. The average molecular weight is 204 g/mol. The lowest BCUT2D eigenvalue weighted by Gasteiger charge is -1.95. The molecule has 0 aliphatic heterocycles. The van der Waals surface area contributed by atoms with Crippen molar-refractivity contribution < 1.29 is 0 Å². The molecule has 0 heterocycles. The molecule has 0 fully saturated rings. The zero-order valence-corrected chi connectivity index (χ0v) is 7.04. The predicted octanol–water partition coefficient (Wildman–Crippen LogP) is 3.28. The molecule has 47 valence electrons. The third kappa shape index (κ3) is 1.70. The lowest BCUT2D eigenvalue weighted by molar-refractivity contribution is 1.57. The van der Waals surface area contributed by atoms with Crippen LogP contribution in [-0.4, -0.2) is 0 Å². The lowest BCUT2D eigenvalue weighted by Crippen LogP contribution is -1.72. The molecule has 1 rings (SSSR count). The normalized spacial score (nSPS) is 9.67. The van der Waals surface area contributed by atoms with Gasteiger partial charge in [-0.15, -0.1) is 0 Å². The molecule has 1 aromatic carbocycles. The van der Waals surface area contributed by atoms with Crippen LogP contribution >= 0.6 is 27.5 Å². The predicted molar refractivity (Wildman–Crippen MR) is 43.6 cm³/mol. The first kappa shape index (κ1) is 7.10. The third-order valence-electron chi connectivity index (χ3n) is 1.01. The van der Waals surface area contributed by atoms with E-state index in [1.54, 1.807) is 0 Å². The average Bonchev–Trinajstić information content (AvgIpc) is 1.80. The Morgan fingerprint density at radius 1 is 1.44 bits per heavy atom. The summed E-state index contributed by atoms with van der Waals surface area (Å²) in [5.41, 5.74) is 0.853. The minimum absolute atomic E-state index is 0.707. The largest absolute Gasteiger partial charge is 0.0840 e. The summed E-state index contributed by atoms with van der Waals surface area (Å²) in [5.74, 6) is 0. The highest BCUT2D eigenvalue weighted by Crippen LogP contribution is 2.19. The van der Waals surface area contributed by atoms with Gasteiger partial charge in [0.2, 0.25) is 0 Å². The summed E-state index contributed by atoms with van der Waals surface area (Å²) in [6, 6.07) is 5.58. The molecule has 0 spiro atoms. The standard InChI is InChI=1S/C7H5BrCl/c1-5-4-6(8)2-3-7(5)9/h2-4H,1H2. The van der Waals surface area contributed by atoms with Crippen LogP contribution in [0.1, 0.15) is 5.56 Å². The van der Waals surface area contributed by atoms with Crippen LogP contribution in [0, 0.1) is 6.92 Å². The molecule has 0 aromatic heterocycles. The summed E-state index contributed by atoms with van der Waals surface area (Å²) < 4.78 is 1.01. The molecule has 0 amide bonds. The van der Waals surface area contributed by atoms with Gasteiger partial charge in [-0.25, -0.2) is 0 Å². The van der Waals surface area contributed by atoms with Gasteiger partial charge in [0.1, 0.15) is 0 Å². The highest BCUT2D eigenvalue weighted by Gasteiger charge is 1.92. The topological polar surface area (TPSA) is 0 Å². The van der Waals surface area contributed by atoms with Gasteiger partial charge in [0.05, 0.1) is 0 Å². The molecule has 0 saturated carbocycles. The van der Waals surface area contributed by atoms with Crippen molar-refractivity contribution in [2.24, 2.45) is 0 Å². The molecule has 0 nitrogen and oxygen atoms in total. The summed E-state index contributed by atoms with van der Waals surface area (Å²) >= 11 is 8.99. The zero-order valence-electron chi connectivity index (χ0n) is 4.70. The van der Waals surface area contributed by atoms with Crippen LogP contribution in [0.4, 0.5) is 0 Å². The molecule has 0 atom stereocenters. The smallest absolute Gasteiger partial charge is 0.0438 e. The fraction of sp³-hybridized carbons (Fsp3) is 0. The second kappa shape index (κ2) is 2.72. The second-order valence-corrected chi connectivity index (χ2v) is 3.06. The van der Waals surface area contributed by atoms with Gasteiger partial charge < -0.3 is 0 Å². The Morgan fingerprint density at radius 2 is 2.11 bits per heavy atom. The Hall–Kier alpha value is -0.0100. The van der Waals surface area contributed by atoms with Crippen molar-refractivity contribution in [3.8, 4) is 0 Å². The quantitative estimate of drug-likeness (QED) is 0.608. The van der Waals surface area contributed by atoms with E-state index < -0.39 is 0 Å². The molecule has 0 aliphatic rings. The number of benzene rings is 1. The Balaban J connectivity index is 3.17. The maximum Gasteiger partial charge on any atom is 0.0438 e. The van der Waals surface area contributed by atoms with Crippen molar-refractivity contribution in [3.63, 3.8) is 0 Å². The highest BCUT2D eigenvalue weighted by atomic mass is 79.9. The van der Waals surface area contributed by atoms with Gasteiger partial charge in [0.15, 0.2) is 0 Å². The highest BCUT2D eigenvalue weighted by molar-refractivity contribution is 9.10. The van der Waals surface area contributed by atoms with Gasteiger partial charge in [-0.2, -0.15) is 0 Å². The van der Waals surface area contributed by atoms with Gasteiger partial charge in [0.25, 0.3) is 0 Å². The van der Waals surface area contributed by atoms with Crippen LogP contribution in [0.5, 0.6) is 0 Å². The molecule has 1 aromatic rings. The minimum atomic E-state index is 0.707. The molecular weight excluding hydrogens is 199 g/mol. The first-order valence-corrected chi connectivity index (χ1v) is 3.64. The summed E-state index contributed by atoms with van der Waals surface area (Å²) in [6.45, 7) is 3.72. The van der Waals surface area contributed by atoms with Crippen molar-refractivity contribution in [2.45, 2.75) is 0 Å². The summed E-state index contributed by atoms with van der Waals surface area (Å²) in [6.07, 6.45) is 0. The summed E-state index contributed by atoms with van der Waals surface area (Å²) in [5, 5.41) is 0.707. The number of halogens is 2. The molecule has 1 radical (unpaired) electrons. The van der Waals surface area contributed by atoms with E-state index in [2.05, 4.69) is 22.9 Å². The molecular formula is C7H5BrCl. The molecule has 9 heavy (non-hydrogen) atoms. The first-order valence-electron chi connectivity index (χ1n) is 2.47. The van der Waals surface area contributed by atoms with Crippen LogP contribution in [0.15, 0.2) is 22.7 Å². The van der Waals surface area contributed by atoms with Crippen molar-refractivity contribution in [1.29, 1.82) is 0 Å². The number of hydrogen-bond acceptors (Lipinski definition) is 0. The SMILES string of the molecule is [CH2]c1cc(Br)ccc1Cl. The third-order valence-corrected chi connectivity index (χ3v) is 1.87. The minimum Gasteiger partial charge on any atom is -0.0840 e. The zero-order chi connectivity index (χ0) is 6.85. The van der Waals surface area contributed by atoms with E-state index in [0.29, 0.717) is 5.02 Å². The van der Waals surface area contributed by atoms with E-state index in [9.17, 15) is 0 Å². The summed E-state index contributed by atoms with van der Waals surface area (Å²) in [7, 11) is 0. The maximum atomic E-state index is 5.70. The van der Waals surface area contributed by atoms with E-state index in [1.807, 2.05) is 18.2 Å². The fourth-order valence-corrected chi connectivity index (χ4v) is 1.07. The van der Waals surface area contributed by atoms with E-state index in [-0.39, 0.29) is 0 Å². The van der Waals surface area contributed by atoms with Crippen molar-refractivity contribution in [1.82, 2.24) is 0 Å². The second-order valence-electron chi connectivity index (χ2n) is 1.74. The van der Waals surface area contributed by atoms with Gasteiger partial charge in [-0.1, -0.05) is 27.5 Å². The van der Waals surface area contributed by atoms with Crippen LogP contribution in [-0.2, 0) is 0 Å². The molecule has 0 bridgehead atoms. The van der Waals surface area contributed by atoms with Crippen molar-refractivity contribution >= 4 is 27.5 Å². The monoisotopic (exact) mass is 203 g/mol. The Kier molecular flexibility index (Phi) is 2.14. The Morgan fingerprint density at radius 3 is 2.56 bits per heavy atom. The van der Waals surface area contributed by atoms with E-state index >= 15 is 0 Å². The number of hydrogen-bond donors (Lipinski definition) is 0. The number of rotatable bonds is 0.